The molecule has 0 radical (unpaired) electrons. The number of aliphatic hydroxyl groups excluding tert-OH is 1. The Bertz CT molecular complexity index is 716. The molecule has 5 nitrogen and oxygen atoms in total. The van der Waals surface area contributed by atoms with Gasteiger partial charge in [-0.05, 0) is 79.9 Å². The molecule has 1 aromatic rings. The summed E-state index contributed by atoms with van der Waals surface area (Å²) in [5, 5.41) is 33.9. The summed E-state index contributed by atoms with van der Waals surface area (Å²) in [6, 6.07) is 3.62. The van der Waals surface area contributed by atoms with Crippen LogP contribution in [0.4, 0.5) is 0 Å². The summed E-state index contributed by atoms with van der Waals surface area (Å²) >= 11 is 0. The van der Waals surface area contributed by atoms with Crippen molar-refractivity contribution in [3.8, 4) is 11.5 Å². The summed E-state index contributed by atoms with van der Waals surface area (Å²) in [7, 11) is 0. The number of phenolic OH excluding ortho intramolecular Hbond substituents is 1. The highest BCUT2D eigenvalue weighted by Gasteiger charge is 2.55. The first kappa shape index (κ1) is 16.7. The lowest BCUT2D eigenvalue weighted by atomic mass is 9.55. The predicted octanol–water partition coefficient (Wildman–Crippen LogP) is 3.64. The largest absolute Gasteiger partial charge is 0.504 e. The van der Waals surface area contributed by atoms with Crippen molar-refractivity contribution >= 4 is 5.71 Å². The van der Waals surface area contributed by atoms with E-state index in [9.17, 15) is 15.4 Å². The molecule has 1 aromatic carbocycles. The standard InChI is InChI=1S/C20H27NO4/c1-3-25-18-10-12-11-6-7-20(2)15(4-5-19(20)23)13(11)8-16(21-24)14(12)9-17(18)22/h9-11,13,15,19,22-24H,3-8H2,1-2H3/b21-16+. The maximum Gasteiger partial charge on any atom is 0.161 e. The van der Waals surface area contributed by atoms with Crippen molar-refractivity contribution in [2.45, 2.75) is 58.0 Å². The zero-order valence-corrected chi connectivity index (χ0v) is 14.9. The van der Waals surface area contributed by atoms with Gasteiger partial charge < -0.3 is 20.2 Å². The van der Waals surface area contributed by atoms with Crippen LogP contribution >= 0.6 is 0 Å². The molecule has 0 amide bonds. The Morgan fingerprint density at radius 3 is 2.80 bits per heavy atom. The minimum Gasteiger partial charge on any atom is -0.504 e. The molecule has 25 heavy (non-hydrogen) atoms. The van der Waals surface area contributed by atoms with Crippen molar-refractivity contribution < 1.29 is 20.2 Å². The highest BCUT2D eigenvalue weighted by atomic mass is 16.5. The van der Waals surface area contributed by atoms with Crippen LogP contribution in [-0.4, -0.2) is 33.8 Å². The molecule has 2 fully saturated rings. The molecule has 5 heteroatoms. The molecule has 0 saturated heterocycles. The number of aromatic hydroxyl groups is 1. The second kappa shape index (κ2) is 5.90. The van der Waals surface area contributed by atoms with Crippen LogP contribution in [0, 0.1) is 17.3 Å². The minimum absolute atomic E-state index is 0.0289. The van der Waals surface area contributed by atoms with E-state index in [0.717, 1.165) is 36.8 Å². The van der Waals surface area contributed by atoms with E-state index >= 15 is 0 Å². The smallest absolute Gasteiger partial charge is 0.161 e. The zero-order chi connectivity index (χ0) is 17.8. The van der Waals surface area contributed by atoms with Crippen LogP contribution in [0.2, 0.25) is 0 Å². The van der Waals surface area contributed by atoms with Crippen molar-refractivity contribution in [2.75, 3.05) is 6.61 Å². The molecule has 4 rings (SSSR count). The van der Waals surface area contributed by atoms with Crippen LogP contribution < -0.4 is 4.74 Å². The molecule has 3 N–H and O–H groups in total. The van der Waals surface area contributed by atoms with Crippen LogP contribution in [0.1, 0.15) is 63.0 Å². The maximum absolute atomic E-state index is 10.5. The lowest BCUT2D eigenvalue weighted by molar-refractivity contribution is -0.0178. The number of benzene rings is 1. The molecule has 3 aliphatic carbocycles. The zero-order valence-electron chi connectivity index (χ0n) is 14.9. The van der Waals surface area contributed by atoms with Crippen LogP contribution in [0.5, 0.6) is 11.5 Å². The highest BCUT2D eigenvalue weighted by molar-refractivity contribution is 6.03. The number of hydrogen-bond donors (Lipinski definition) is 3. The third-order valence-electron chi connectivity index (χ3n) is 7.08. The summed E-state index contributed by atoms with van der Waals surface area (Å²) in [6.45, 7) is 4.61. The fraction of sp³-hybridized carbons (Fsp3) is 0.650. The van der Waals surface area contributed by atoms with E-state index in [0.29, 0.717) is 42.2 Å². The van der Waals surface area contributed by atoms with Crippen LogP contribution in [0.15, 0.2) is 17.3 Å². The van der Waals surface area contributed by atoms with Gasteiger partial charge in [-0.25, -0.2) is 0 Å². The van der Waals surface area contributed by atoms with E-state index < -0.39 is 0 Å². The van der Waals surface area contributed by atoms with Gasteiger partial charge in [-0.1, -0.05) is 12.1 Å². The number of hydrogen-bond acceptors (Lipinski definition) is 5. The van der Waals surface area contributed by atoms with Gasteiger partial charge in [0.25, 0.3) is 0 Å². The average Bonchev–Trinajstić information content (AvgIpc) is 2.90. The molecule has 3 aliphatic rings. The van der Waals surface area contributed by atoms with Crippen molar-refractivity contribution in [2.24, 2.45) is 22.4 Å². The molecule has 5 unspecified atom stereocenters. The average molecular weight is 345 g/mol. The highest BCUT2D eigenvalue weighted by Crippen LogP contribution is 2.61. The van der Waals surface area contributed by atoms with Gasteiger partial charge in [0.1, 0.15) is 0 Å². The molecule has 0 heterocycles. The quantitative estimate of drug-likeness (QED) is 0.564. The van der Waals surface area contributed by atoms with Crippen LogP contribution in [0.3, 0.4) is 0 Å². The summed E-state index contributed by atoms with van der Waals surface area (Å²) in [6.07, 6.45) is 4.39. The number of rotatable bonds is 2. The molecule has 0 aliphatic heterocycles. The van der Waals surface area contributed by atoms with E-state index in [2.05, 4.69) is 12.1 Å². The Balaban J connectivity index is 1.79. The number of fused-ring (bicyclic) bond motifs is 5. The summed E-state index contributed by atoms with van der Waals surface area (Å²) in [5.41, 5.74) is 2.57. The molecular formula is C20H27NO4. The van der Waals surface area contributed by atoms with Gasteiger partial charge >= 0.3 is 0 Å². The van der Waals surface area contributed by atoms with Crippen molar-refractivity contribution in [1.29, 1.82) is 0 Å². The molecule has 0 aromatic heterocycles. The lowest BCUT2D eigenvalue weighted by Crippen LogP contribution is -2.45. The fourth-order valence-corrected chi connectivity index (χ4v) is 5.77. The SMILES string of the molecule is CCOc1cc2c(cc1O)/C(=N/O)CC1C2CCC2(C)C(O)CCC12. The molecule has 5 atom stereocenters. The topological polar surface area (TPSA) is 82.3 Å². The number of nitrogens with zero attached hydrogens (tertiary/aromatic N) is 1. The number of aliphatic hydroxyl groups is 1. The van der Waals surface area contributed by atoms with Gasteiger partial charge in [-0.2, -0.15) is 0 Å². The first-order valence-corrected chi connectivity index (χ1v) is 9.38. The van der Waals surface area contributed by atoms with E-state index in [1.165, 1.54) is 0 Å². The third kappa shape index (κ3) is 2.35. The Kier molecular flexibility index (Phi) is 3.95. The van der Waals surface area contributed by atoms with E-state index in [4.69, 9.17) is 4.74 Å². The van der Waals surface area contributed by atoms with Crippen LogP contribution in [0.25, 0.3) is 0 Å². The predicted molar refractivity (Wildman–Crippen MR) is 94.5 cm³/mol. The van der Waals surface area contributed by atoms with Gasteiger partial charge in [0, 0.05) is 5.56 Å². The summed E-state index contributed by atoms with van der Waals surface area (Å²) < 4.78 is 5.58. The second-order valence-corrected chi connectivity index (χ2v) is 8.11. The van der Waals surface area contributed by atoms with E-state index in [1.54, 1.807) is 6.07 Å². The molecule has 0 spiro atoms. The molecule has 136 valence electrons. The summed E-state index contributed by atoms with van der Waals surface area (Å²) in [5.74, 6) is 1.77. The Morgan fingerprint density at radius 1 is 1.28 bits per heavy atom. The van der Waals surface area contributed by atoms with Crippen LogP contribution in [-0.2, 0) is 0 Å². The molecule has 0 bridgehead atoms. The number of ether oxygens (including phenoxy) is 1. The maximum atomic E-state index is 10.5. The minimum atomic E-state index is -0.229. The first-order chi connectivity index (χ1) is 12.0. The number of oxime groups is 1. The summed E-state index contributed by atoms with van der Waals surface area (Å²) in [4.78, 5) is 0. The normalized spacial score (nSPS) is 38.1. The Labute approximate surface area is 148 Å². The third-order valence-corrected chi connectivity index (χ3v) is 7.08. The van der Waals surface area contributed by atoms with Crippen molar-refractivity contribution in [3.05, 3.63) is 23.3 Å². The second-order valence-electron chi connectivity index (χ2n) is 8.11. The Hall–Kier alpha value is -1.75. The van der Waals surface area contributed by atoms with Gasteiger partial charge in [0.05, 0.1) is 18.4 Å². The Morgan fingerprint density at radius 2 is 2.08 bits per heavy atom. The van der Waals surface area contributed by atoms with E-state index in [-0.39, 0.29) is 17.3 Å². The number of phenols is 1. The van der Waals surface area contributed by atoms with Crippen molar-refractivity contribution in [1.82, 2.24) is 0 Å². The molecular weight excluding hydrogens is 318 g/mol. The van der Waals surface area contributed by atoms with Crippen molar-refractivity contribution in [3.63, 3.8) is 0 Å². The van der Waals surface area contributed by atoms with Gasteiger partial charge in [0.2, 0.25) is 0 Å². The lowest BCUT2D eigenvalue weighted by Gasteiger charge is -2.50. The fourth-order valence-electron chi connectivity index (χ4n) is 5.77. The van der Waals surface area contributed by atoms with Gasteiger partial charge in [0.15, 0.2) is 11.5 Å². The van der Waals surface area contributed by atoms with Gasteiger partial charge in [-0.3, -0.25) is 0 Å². The molecule has 2 saturated carbocycles. The first-order valence-electron chi connectivity index (χ1n) is 9.38. The van der Waals surface area contributed by atoms with Gasteiger partial charge in [-0.15, -0.1) is 0 Å². The van der Waals surface area contributed by atoms with E-state index in [1.807, 2.05) is 13.0 Å². The monoisotopic (exact) mass is 345 g/mol.